The molecule has 0 aliphatic carbocycles. The average Bonchev–Trinajstić information content (AvgIpc) is 2.79. The molecule has 7 heteroatoms. The minimum atomic E-state index is -0.197. The van der Waals surface area contributed by atoms with Gasteiger partial charge in [-0.1, -0.05) is 23.2 Å². The first kappa shape index (κ1) is 12.9. The quantitative estimate of drug-likeness (QED) is 0.881. The number of nitrogens with one attached hydrogen (secondary N) is 1. The molecule has 0 bridgehead atoms. The molecule has 1 N–H and O–H groups in total. The number of amides is 1. The summed E-state index contributed by atoms with van der Waals surface area (Å²) in [5.41, 5.74) is 0.397. The van der Waals surface area contributed by atoms with Crippen LogP contribution < -0.4 is 0 Å². The fourth-order valence-corrected chi connectivity index (χ4v) is 1.95. The van der Waals surface area contributed by atoms with Gasteiger partial charge in [-0.05, 0) is 12.1 Å². The molecule has 2 aromatic rings. The van der Waals surface area contributed by atoms with E-state index in [-0.39, 0.29) is 16.2 Å². The predicted molar refractivity (Wildman–Crippen MR) is 68.6 cm³/mol. The van der Waals surface area contributed by atoms with E-state index in [9.17, 15) is 4.79 Å². The van der Waals surface area contributed by atoms with Crippen molar-refractivity contribution in [3.05, 3.63) is 46.2 Å². The molecule has 0 saturated carbocycles. The molecule has 94 valence electrons. The third kappa shape index (κ3) is 3.00. The van der Waals surface area contributed by atoms with Gasteiger partial charge < -0.3 is 9.88 Å². The Morgan fingerprint density at radius 2 is 2.06 bits per heavy atom. The first-order valence-corrected chi connectivity index (χ1v) is 5.88. The van der Waals surface area contributed by atoms with Crippen molar-refractivity contribution in [3.63, 3.8) is 0 Å². The van der Waals surface area contributed by atoms with Crippen molar-refractivity contribution in [3.8, 4) is 0 Å². The standard InChI is InChI=1S/C11H10Cl2N4O/c1-17(6-10-14-2-3-15-10)11(18)7-4-8(12)16-9(13)5-7/h2-5H,6H2,1H3,(H,14,15). The zero-order chi connectivity index (χ0) is 13.1. The number of aromatic nitrogens is 3. The van der Waals surface area contributed by atoms with Crippen LogP contribution in [0.15, 0.2) is 24.5 Å². The summed E-state index contributed by atoms with van der Waals surface area (Å²) in [6.07, 6.45) is 3.33. The predicted octanol–water partition coefficient (Wildman–Crippen LogP) is 2.38. The van der Waals surface area contributed by atoms with Crippen LogP contribution in [0.4, 0.5) is 0 Å². The van der Waals surface area contributed by atoms with Crippen LogP contribution >= 0.6 is 23.2 Å². The van der Waals surface area contributed by atoms with Crippen LogP contribution in [0.1, 0.15) is 16.2 Å². The van der Waals surface area contributed by atoms with Gasteiger partial charge in [0.1, 0.15) is 16.1 Å². The molecule has 0 radical (unpaired) electrons. The van der Waals surface area contributed by atoms with Gasteiger partial charge in [-0.15, -0.1) is 0 Å². The number of hydrogen-bond acceptors (Lipinski definition) is 3. The van der Waals surface area contributed by atoms with Gasteiger partial charge >= 0.3 is 0 Å². The Balaban J connectivity index is 2.15. The van der Waals surface area contributed by atoms with Gasteiger partial charge in [0.05, 0.1) is 6.54 Å². The lowest BCUT2D eigenvalue weighted by atomic mass is 10.2. The average molecular weight is 285 g/mol. The Bertz CT molecular complexity index is 536. The molecule has 2 heterocycles. The van der Waals surface area contributed by atoms with Crippen LogP contribution in [0.2, 0.25) is 10.3 Å². The summed E-state index contributed by atoms with van der Waals surface area (Å²) in [4.78, 5) is 24.4. The van der Waals surface area contributed by atoms with Crippen LogP contribution in [0.5, 0.6) is 0 Å². The third-order valence-corrected chi connectivity index (χ3v) is 2.69. The fraction of sp³-hybridized carbons (Fsp3) is 0.182. The minimum Gasteiger partial charge on any atom is -0.347 e. The molecular formula is C11H10Cl2N4O. The van der Waals surface area contributed by atoms with Gasteiger partial charge in [-0.2, -0.15) is 0 Å². The number of carbonyl (C=O) groups is 1. The number of pyridine rings is 1. The molecule has 0 aliphatic heterocycles. The van der Waals surface area contributed by atoms with E-state index in [0.717, 1.165) is 0 Å². The monoisotopic (exact) mass is 284 g/mol. The molecule has 0 aliphatic rings. The summed E-state index contributed by atoms with van der Waals surface area (Å²) in [6.45, 7) is 0.378. The third-order valence-electron chi connectivity index (χ3n) is 2.30. The Morgan fingerprint density at radius 1 is 1.39 bits per heavy atom. The summed E-state index contributed by atoms with van der Waals surface area (Å²) < 4.78 is 0. The molecule has 0 atom stereocenters. The van der Waals surface area contributed by atoms with Gasteiger partial charge in [0.15, 0.2) is 0 Å². The number of carbonyl (C=O) groups excluding carboxylic acids is 1. The van der Waals surface area contributed by atoms with Crippen molar-refractivity contribution in [1.29, 1.82) is 0 Å². The lowest BCUT2D eigenvalue weighted by molar-refractivity contribution is 0.0782. The zero-order valence-corrected chi connectivity index (χ0v) is 11.0. The lowest BCUT2D eigenvalue weighted by Crippen LogP contribution is -2.26. The second kappa shape index (κ2) is 5.37. The molecule has 5 nitrogen and oxygen atoms in total. The molecule has 0 saturated heterocycles. The second-order valence-electron chi connectivity index (χ2n) is 3.70. The number of rotatable bonds is 3. The highest BCUT2D eigenvalue weighted by Crippen LogP contribution is 2.16. The van der Waals surface area contributed by atoms with Gasteiger partial charge in [-0.3, -0.25) is 4.79 Å². The molecular weight excluding hydrogens is 275 g/mol. The largest absolute Gasteiger partial charge is 0.347 e. The molecule has 18 heavy (non-hydrogen) atoms. The van der Waals surface area contributed by atoms with Gasteiger partial charge in [0, 0.05) is 25.0 Å². The maximum atomic E-state index is 12.1. The van der Waals surface area contributed by atoms with E-state index in [4.69, 9.17) is 23.2 Å². The Labute approximate surface area is 114 Å². The van der Waals surface area contributed by atoms with E-state index in [0.29, 0.717) is 17.9 Å². The summed E-state index contributed by atoms with van der Waals surface area (Å²) in [5, 5.41) is 0.384. The van der Waals surface area contributed by atoms with Crippen molar-refractivity contribution < 1.29 is 4.79 Å². The summed E-state index contributed by atoms with van der Waals surface area (Å²) >= 11 is 11.5. The summed E-state index contributed by atoms with van der Waals surface area (Å²) in [7, 11) is 1.67. The van der Waals surface area contributed by atoms with Crippen LogP contribution in [-0.2, 0) is 6.54 Å². The number of hydrogen-bond donors (Lipinski definition) is 1. The van der Waals surface area contributed by atoms with E-state index in [1.807, 2.05) is 0 Å². The molecule has 0 aromatic carbocycles. The summed E-state index contributed by atoms with van der Waals surface area (Å²) in [5.74, 6) is 0.509. The van der Waals surface area contributed by atoms with Crippen LogP contribution in [-0.4, -0.2) is 32.8 Å². The topological polar surface area (TPSA) is 61.9 Å². The fourth-order valence-electron chi connectivity index (χ4n) is 1.49. The first-order valence-electron chi connectivity index (χ1n) is 5.13. The summed E-state index contributed by atoms with van der Waals surface area (Å²) in [6, 6.07) is 2.96. The molecule has 1 amide bonds. The van der Waals surface area contributed by atoms with Crippen LogP contribution in [0.3, 0.4) is 0 Å². The van der Waals surface area contributed by atoms with E-state index in [1.165, 1.54) is 17.0 Å². The van der Waals surface area contributed by atoms with E-state index >= 15 is 0 Å². The minimum absolute atomic E-state index is 0.192. The van der Waals surface area contributed by atoms with Crippen LogP contribution in [0.25, 0.3) is 0 Å². The van der Waals surface area contributed by atoms with Crippen LogP contribution in [0, 0.1) is 0 Å². The Kier molecular flexibility index (Phi) is 3.84. The first-order chi connectivity index (χ1) is 8.56. The van der Waals surface area contributed by atoms with Crippen molar-refractivity contribution in [1.82, 2.24) is 19.9 Å². The number of H-pyrrole nitrogens is 1. The van der Waals surface area contributed by atoms with Gasteiger partial charge in [0.2, 0.25) is 0 Å². The number of aromatic amines is 1. The number of halogens is 2. The molecule has 0 unspecified atom stereocenters. The molecule has 0 spiro atoms. The maximum Gasteiger partial charge on any atom is 0.254 e. The van der Waals surface area contributed by atoms with Crippen molar-refractivity contribution in [2.24, 2.45) is 0 Å². The Hall–Kier alpha value is -1.59. The smallest absolute Gasteiger partial charge is 0.254 e. The van der Waals surface area contributed by atoms with Crippen molar-refractivity contribution in [2.45, 2.75) is 6.54 Å². The van der Waals surface area contributed by atoms with Crippen molar-refractivity contribution in [2.75, 3.05) is 7.05 Å². The zero-order valence-electron chi connectivity index (χ0n) is 9.52. The highest BCUT2D eigenvalue weighted by molar-refractivity contribution is 6.33. The lowest BCUT2D eigenvalue weighted by Gasteiger charge is -2.15. The normalized spacial score (nSPS) is 10.4. The van der Waals surface area contributed by atoms with E-state index in [1.54, 1.807) is 19.4 Å². The Morgan fingerprint density at radius 3 is 2.61 bits per heavy atom. The highest BCUT2D eigenvalue weighted by atomic mass is 35.5. The van der Waals surface area contributed by atoms with Crippen molar-refractivity contribution >= 4 is 29.1 Å². The maximum absolute atomic E-state index is 12.1. The number of nitrogens with zero attached hydrogens (tertiary/aromatic N) is 3. The highest BCUT2D eigenvalue weighted by Gasteiger charge is 2.14. The van der Waals surface area contributed by atoms with E-state index < -0.39 is 0 Å². The van der Waals surface area contributed by atoms with Gasteiger partial charge in [0.25, 0.3) is 5.91 Å². The SMILES string of the molecule is CN(Cc1ncc[nH]1)C(=O)c1cc(Cl)nc(Cl)c1. The number of imidazole rings is 1. The molecule has 0 fully saturated rings. The second-order valence-corrected chi connectivity index (χ2v) is 4.47. The van der Waals surface area contributed by atoms with E-state index in [2.05, 4.69) is 15.0 Å². The molecule has 2 rings (SSSR count). The van der Waals surface area contributed by atoms with Gasteiger partial charge in [-0.25, -0.2) is 9.97 Å². The molecule has 2 aromatic heterocycles.